The number of nitrogens with two attached hydrogens (primary N) is 1. The summed E-state index contributed by atoms with van der Waals surface area (Å²) in [4.78, 5) is 10.5. The highest BCUT2D eigenvalue weighted by Crippen LogP contribution is 2.16. The molecule has 0 amide bonds. The SMILES string of the molecule is C=C(C(C)C)C(N)Cc1ccc(/C(C)=N\OC(C)C)cc1.C=C(O)C(Cc1ccc(/C(C)=N\OC(C)C)cc1)NC(C)C. The molecular weight excluding hydrogens is 536 g/mol. The molecule has 0 fully saturated rings. The van der Waals surface area contributed by atoms with E-state index < -0.39 is 0 Å². The largest absolute Gasteiger partial charge is 0.511 e. The van der Waals surface area contributed by atoms with Crippen LogP contribution in [0.2, 0.25) is 0 Å². The van der Waals surface area contributed by atoms with Crippen molar-refractivity contribution in [1.29, 1.82) is 0 Å². The van der Waals surface area contributed by atoms with Gasteiger partial charge in [0, 0.05) is 12.1 Å². The lowest BCUT2D eigenvalue weighted by Gasteiger charge is -2.20. The Hall–Kier alpha value is -3.42. The molecule has 2 atom stereocenters. The van der Waals surface area contributed by atoms with Crippen LogP contribution in [0.1, 0.15) is 91.5 Å². The Labute approximate surface area is 260 Å². The van der Waals surface area contributed by atoms with Crippen molar-refractivity contribution in [3.05, 3.63) is 95.3 Å². The van der Waals surface area contributed by atoms with Crippen LogP contribution in [-0.2, 0) is 22.5 Å². The van der Waals surface area contributed by atoms with Gasteiger partial charge in [-0.05, 0) is 82.6 Å². The summed E-state index contributed by atoms with van der Waals surface area (Å²) >= 11 is 0. The molecule has 2 rings (SSSR count). The number of aliphatic hydroxyl groups is 1. The summed E-state index contributed by atoms with van der Waals surface area (Å²) in [5, 5.41) is 21.2. The zero-order valence-electron chi connectivity index (χ0n) is 28.1. The molecule has 0 aliphatic rings. The Bertz CT molecular complexity index is 1180. The number of hydrogen-bond donors (Lipinski definition) is 3. The third-order valence-corrected chi connectivity index (χ3v) is 6.59. The molecule has 0 aliphatic carbocycles. The van der Waals surface area contributed by atoms with Gasteiger partial charge in [0.2, 0.25) is 0 Å². The molecule has 0 aromatic heterocycles. The second kappa shape index (κ2) is 19.0. The number of rotatable bonds is 15. The predicted octanol–water partition coefficient (Wildman–Crippen LogP) is 7.73. The van der Waals surface area contributed by atoms with Gasteiger partial charge in [0.05, 0.1) is 17.5 Å². The van der Waals surface area contributed by atoms with Crippen molar-refractivity contribution in [2.45, 2.75) is 112 Å². The van der Waals surface area contributed by atoms with Crippen molar-refractivity contribution in [1.82, 2.24) is 5.32 Å². The second-order valence-electron chi connectivity index (χ2n) is 12.2. The molecule has 4 N–H and O–H groups in total. The predicted molar refractivity (Wildman–Crippen MR) is 183 cm³/mol. The maximum atomic E-state index is 9.69. The summed E-state index contributed by atoms with van der Waals surface area (Å²) in [6, 6.07) is 16.6. The number of oxime groups is 2. The minimum Gasteiger partial charge on any atom is -0.511 e. The molecular formula is C36H56N4O3. The van der Waals surface area contributed by atoms with Crippen molar-refractivity contribution in [3.63, 3.8) is 0 Å². The van der Waals surface area contributed by atoms with Gasteiger partial charge in [-0.25, -0.2) is 0 Å². The molecule has 7 heteroatoms. The van der Waals surface area contributed by atoms with Crippen molar-refractivity contribution in [2.75, 3.05) is 0 Å². The summed E-state index contributed by atoms with van der Waals surface area (Å²) in [5.74, 6) is 0.586. The Morgan fingerprint density at radius 1 is 0.744 bits per heavy atom. The summed E-state index contributed by atoms with van der Waals surface area (Å²) in [5.41, 5.74) is 13.5. The minimum absolute atomic E-state index is 0.00916. The summed E-state index contributed by atoms with van der Waals surface area (Å²) in [6.45, 7) is 27.8. The molecule has 0 aliphatic heterocycles. The van der Waals surface area contributed by atoms with Crippen LogP contribution in [0, 0.1) is 5.92 Å². The molecule has 2 aromatic carbocycles. The quantitative estimate of drug-likeness (QED) is 0.0850. The standard InChI is InChI=1S/C18H28N2O2.C18H28N2O/c1-12(2)19-18(15(6)21)11-16-7-9-17(10-8-16)14(5)20-22-13(3)4;1-12(2)14(5)18(19)11-16-7-9-17(10-8-16)15(6)20-21-13(3)4/h7-10,12-13,18-19,21H,6,11H2,1-5H3;7-10,12-13,18H,5,11,19H2,1-4,6H3/b20-14-;20-15-. The van der Waals surface area contributed by atoms with Crippen LogP contribution in [0.5, 0.6) is 0 Å². The van der Waals surface area contributed by atoms with Crippen LogP contribution in [-0.4, -0.2) is 46.9 Å². The molecule has 0 radical (unpaired) electrons. The van der Waals surface area contributed by atoms with Crippen molar-refractivity contribution in [2.24, 2.45) is 22.0 Å². The maximum Gasteiger partial charge on any atom is 0.122 e. The molecule has 2 unspecified atom stereocenters. The molecule has 2 aromatic rings. The first-order valence-corrected chi connectivity index (χ1v) is 15.3. The fourth-order valence-corrected chi connectivity index (χ4v) is 3.96. The van der Waals surface area contributed by atoms with Gasteiger partial charge < -0.3 is 25.8 Å². The molecule has 0 heterocycles. The van der Waals surface area contributed by atoms with Gasteiger partial charge in [0.15, 0.2) is 0 Å². The smallest absolute Gasteiger partial charge is 0.122 e. The molecule has 7 nitrogen and oxygen atoms in total. The van der Waals surface area contributed by atoms with E-state index in [-0.39, 0.29) is 36.1 Å². The molecule has 0 spiro atoms. The van der Waals surface area contributed by atoms with E-state index >= 15 is 0 Å². The van der Waals surface area contributed by atoms with Gasteiger partial charge in [-0.1, -0.05) is 105 Å². The lowest BCUT2D eigenvalue weighted by molar-refractivity contribution is 0.0858. The van der Waals surface area contributed by atoms with Gasteiger partial charge >= 0.3 is 0 Å². The highest BCUT2D eigenvalue weighted by Gasteiger charge is 2.14. The van der Waals surface area contributed by atoms with Gasteiger partial charge in [-0.3, -0.25) is 0 Å². The van der Waals surface area contributed by atoms with Crippen LogP contribution >= 0.6 is 0 Å². The summed E-state index contributed by atoms with van der Waals surface area (Å²) in [6.07, 6.45) is 1.69. The number of benzene rings is 2. The Morgan fingerprint density at radius 3 is 1.47 bits per heavy atom. The fraction of sp³-hybridized carbons (Fsp3) is 0.500. The molecule has 0 saturated heterocycles. The van der Waals surface area contributed by atoms with Crippen LogP contribution in [0.4, 0.5) is 0 Å². The normalized spacial score (nSPS) is 13.6. The number of nitrogens with one attached hydrogen (secondary N) is 1. The van der Waals surface area contributed by atoms with E-state index in [1.165, 1.54) is 5.56 Å². The number of hydrogen-bond acceptors (Lipinski definition) is 7. The third-order valence-electron chi connectivity index (χ3n) is 6.59. The van der Waals surface area contributed by atoms with E-state index in [4.69, 9.17) is 15.4 Å². The molecule has 0 saturated carbocycles. The molecule has 43 heavy (non-hydrogen) atoms. The van der Waals surface area contributed by atoms with Crippen LogP contribution in [0.3, 0.4) is 0 Å². The first-order valence-electron chi connectivity index (χ1n) is 15.3. The van der Waals surface area contributed by atoms with Crippen molar-refractivity contribution >= 4 is 11.4 Å². The first kappa shape index (κ1) is 37.6. The van der Waals surface area contributed by atoms with Crippen LogP contribution < -0.4 is 11.1 Å². The maximum absolute atomic E-state index is 9.69. The zero-order valence-corrected chi connectivity index (χ0v) is 28.1. The highest BCUT2D eigenvalue weighted by molar-refractivity contribution is 5.98. The van der Waals surface area contributed by atoms with Crippen molar-refractivity contribution in [3.8, 4) is 0 Å². The first-order chi connectivity index (χ1) is 20.1. The van der Waals surface area contributed by atoms with E-state index in [0.717, 1.165) is 40.1 Å². The van der Waals surface area contributed by atoms with E-state index in [2.05, 4.69) is 66.9 Å². The monoisotopic (exact) mass is 592 g/mol. The second-order valence-corrected chi connectivity index (χ2v) is 12.2. The van der Waals surface area contributed by atoms with E-state index in [0.29, 0.717) is 12.3 Å². The van der Waals surface area contributed by atoms with E-state index in [1.807, 2.05) is 79.7 Å². The Balaban J connectivity index is 0.000000430. The van der Waals surface area contributed by atoms with E-state index in [1.54, 1.807) is 0 Å². The Morgan fingerprint density at radius 2 is 1.14 bits per heavy atom. The topological polar surface area (TPSA) is 101 Å². The lowest BCUT2D eigenvalue weighted by Crippen LogP contribution is -2.37. The highest BCUT2D eigenvalue weighted by atomic mass is 16.6. The summed E-state index contributed by atoms with van der Waals surface area (Å²) in [7, 11) is 0. The molecule has 0 bridgehead atoms. The van der Waals surface area contributed by atoms with Gasteiger partial charge in [0.1, 0.15) is 18.0 Å². The third kappa shape index (κ3) is 15.0. The van der Waals surface area contributed by atoms with Crippen molar-refractivity contribution < 1.29 is 14.8 Å². The lowest BCUT2D eigenvalue weighted by atomic mass is 9.93. The number of nitrogens with zero attached hydrogens (tertiary/aromatic N) is 2. The van der Waals surface area contributed by atoms with Crippen LogP contribution in [0.25, 0.3) is 0 Å². The van der Waals surface area contributed by atoms with E-state index in [9.17, 15) is 5.11 Å². The van der Waals surface area contributed by atoms with Gasteiger partial charge in [-0.2, -0.15) is 0 Å². The minimum atomic E-state index is -0.134. The number of aliphatic hydroxyl groups excluding tert-OH is 1. The fourth-order valence-electron chi connectivity index (χ4n) is 3.96. The van der Waals surface area contributed by atoms with Gasteiger partial charge in [-0.15, -0.1) is 0 Å². The molecule has 238 valence electrons. The average molecular weight is 593 g/mol. The Kier molecular flexibility index (Phi) is 16.6. The van der Waals surface area contributed by atoms with Gasteiger partial charge in [0.25, 0.3) is 0 Å². The van der Waals surface area contributed by atoms with Crippen LogP contribution in [0.15, 0.2) is 83.3 Å². The average Bonchev–Trinajstić information content (AvgIpc) is 2.94. The zero-order chi connectivity index (χ0) is 32.7. The summed E-state index contributed by atoms with van der Waals surface area (Å²) < 4.78 is 0.